The number of amides is 1. The van der Waals surface area contributed by atoms with Crippen LogP contribution in [0.5, 0.6) is 5.75 Å². The highest BCUT2D eigenvalue weighted by Gasteiger charge is 2.46. The summed E-state index contributed by atoms with van der Waals surface area (Å²) in [7, 11) is 0. The topological polar surface area (TPSA) is 79.3 Å². The molecule has 2 heterocycles. The fraction of sp³-hybridized carbons (Fsp3) is 0.407. The first-order valence-corrected chi connectivity index (χ1v) is 12.1. The molecule has 1 unspecified atom stereocenters. The van der Waals surface area contributed by atoms with Crippen molar-refractivity contribution in [1.29, 1.82) is 0 Å². The Hall–Kier alpha value is -3.23. The van der Waals surface area contributed by atoms with Gasteiger partial charge >= 0.3 is 0 Å². The lowest BCUT2D eigenvalue weighted by atomic mass is 9.95. The van der Waals surface area contributed by atoms with Gasteiger partial charge in [-0.1, -0.05) is 25.1 Å². The molecule has 2 fully saturated rings. The third-order valence-electron chi connectivity index (χ3n) is 6.32. The highest BCUT2D eigenvalue weighted by Crippen LogP contribution is 2.40. The quantitative estimate of drug-likeness (QED) is 0.333. The van der Waals surface area contributed by atoms with E-state index in [1.165, 1.54) is 11.0 Å². The van der Waals surface area contributed by atoms with Crippen LogP contribution >= 0.6 is 0 Å². The highest BCUT2D eigenvalue weighted by molar-refractivity contribution is 6.46. The molecule has 1 N–H and O–H groups in total. The molecule has 2 aromatic carbocycles. The van der Waals surface area contributed by atoms with Gasteiger partial charge in [-0.15, -0.1) is 0 Å². The molecule has 1 atom stereocenters. The molecule has 1 amide bonds. The third-order valence-corrected chi connectivity index (χ3v) is 6.32. The Morgan fingerprint density at radius 3 is 2.49 bits per heavy atom. The van der Waals surface area contributed by atoms with Gasteiger partial charge < -0.3 is 19.5 Å². The normalized spacial score (nSPS) is 20.4. The molecule has 186 valence electrons. The lowest BCUT2D eigenvalue weighted by Crippen LogP contribution is -2.39. The summed E-state index contributed by atoms with van der Waals surface area (Å²) in [6, 6.07) is 11.7. The summed E-state index contributed by atoms with van der Waals surface area (Å²) in [5, 5.41) is 11.1. The van der Waals surface area contributed by atoms with E-state index in [0.717, 1.165) is 26.1 Å². The standard InChI is InChI=1S/C27H31FN2O5/c1-2-16-35-20-10-8-19(9-11-20)25(31)23-24(21-6-3-4-7-22(21)28)30(27(33)26(23)32)13-5-12-29-14-17-34-18-15-29/h3-4,6-11,24,31H,2,5,12-18H2,1H3/b25-23+. The number of halogens is 1. The van der Waals surface area contributed by atoms with E-state index in [1.54, 1.807) is 42.5 Å². The van der Waals surface area contributed by atoms with Crippen LogP contribution in [0.1, 0.15) is 36.9 Å². The fourth-order valence-electron chi connectivity index (χ4n) is 4.50. The maximum atomic E-state index is 14.9. The minimum atomic E-state index is -1.00. The maximum absolute atomic E-state index is 14.9. The molecule has 4 rings (SSSR count). The Kier molecular flexibility index (Phi) is 8.15. The number of carbonyl (C=O) groups excluding carboxylic acids is 2. The zero-order chi connectivity index (χ0) is 24.8. The van der Waals surface area contributed by atoms with Gasteiger partial charge in [-0.2, -0.15) is 0 Å². The van der Waals surface area contributed by atoms with E-state index < -0.39 is 23.5 Å². The number of likely N-dealkylation sites (tertiary alicyclic amines) is 1. The number of carbonyl (C=O) groups is 2. The van der Waals surface area contributed by atoms with Crippen LogP contribution in [-0.2, 0) is 14.3 Å². The molecule has 35 heavy (non-hydrogen) atoms. The molecule has 0 aromatic heterocycles. The van der Waals surface area contributed by atoms with Crippen molar-refractivity contribution < 1.29 is 28.6 Å². The lowest BCUT2D eigenvalue weighted by Gasteiger charge is -2.29. The Morgan fingerprint density at radius 2 is 1.80 bits per heavy atom. The number of aliphatic hydroxyl groups is 1. The number of rotatable bonds is 9. The molecule has 0 saturated carbocycles. The first kappa shape index (κ1) is 24.9. The summed E-state index contributed by atoms with van der Waals surface area (Å²) in [4.78, 5) is 29.8. The van der Waals surface area contributed by atoms with Gasteiger partial charge in [0.1, 0.15) is 17.3 Å². The Bertz CT molecular complexity index is 1080. The number of morpholine rings is 1. The number of benzene rings is 2. The monoisotopic (exact) mass is 482 g/mol. The number of ketones is 1. The van der Waals surface area contributed by atoms with Crippen molar-refractivity contribution in [2.45, 2.75) is 25.8 Å². The fourth-order valence-corrected chi connectivity index (χ4v) is 4.50. The molecule has 0 spiro atoms. The van der Waals surface area contributed by atoms with Crippen LogP contribution in [0.25, 0.3) is 5.76 Å². The predicted molar refractivity (Wildman–Crippen MR) is 130 cm³/mol. The first-order chi connectivity index (χ1) is 17.0. The summed E-state index contributed by atoms with van der Waals surface area (Å²) in [5.74, 6) is -1.77. The number of Topliss-reactive ketones (excluding diaryl/α,β-unsaturated/α-hetero) is 1. The Labute approximate surface area is 204 Å². The van der Waals surface area contributed by atoms with Crippen molar-refractivity contribution in [1.82, 2.24) is 9.80 Å². The number of aliphatic hydroxyl groups excluding tert-OH is 1. The summed E-state index contributed by atoms with van der Waals surface area (Å²) < 4.78 is 25.9. The molecule has 2 aromatic rings. The molecule has 8 heteroatoms. The Morgan fingerprint density at radius 1 is 1.09 bits per heavy atom. The molecule has 2 saturated heterocycles. The molecule has 0 radical (unpaired) electrons. The Balaban J connectivity index is 1.64. The molecular formula is C27H31FN2O5. The summed E-state index contributed by atoms with van der Waals surface area (Å²) in [5.41, 5.74) is 0.442. The minimum Gasteiger partial charge on any atom is -0.507 e. The van der Waals surface area contributed by atoms with Crippen LogP contribution in [-0.4, -0.2) is 72.6 Å². The molecule has 7 nitrogen and oxygen atoms in total. The van der Waals surface area contributed by atoms with Crippen LogP contribution in [0.15, 0.2) is 54.1 Å². The van der Waals surface area contributed by atoms with Crippen LogP contribution in [0.2, 0.25) is 0 Å². The molecular weight excluding hydrogens is 451 g/mol. The number of hydrogen-bond donors (Lipinski definition) is 1. The summed E-state index contributed by atoms with van der Waals surface area (Å²) in [6.07, 6.45) is 1.47. The third kappa shape index (κ3) is 5.55. The second kappa shape index (κ2) is 11.5. The van der Waals surface area contributed by atoms with E-state index in [-0.39, 0.29) is 23.4 Å². The van der Waals surface area contributed by atoms with Crippen molar-refractivity contribution in [2.75, 3.05) is 46.0 Å². The van der Waals surface area contributed by atoms with Gasteiger partial charge in [0.05, 0.1) is 31.4 Å². The smallest absolute Gasteiger partial charge is 0.295 e. The van der Waals surface area contributed by atoms with Gasteiger partial charge in [0, 0.05) is 37.3 Å². The largest absolute Gasteiger partial charge is 0.507 e. The van der Waals surface area contributed by atoms with Crippen LogP contribution in [0.3, 0.4) is 0 Å². The van der Waals surface area contributed by atoms with Gasteiger partial charge in [0.2, 0.25) is 0 Å². The van der Waals surface area contributed by atoms with E-state index >= 15 is 0 Å². The van der Waals surface area contributed by atoms with E-state index in [9.17, 15) is 19.1 Å². The van der Waals surface area contributed by atoms with E-state index in [0.29, 0.717) is 37.6 Å². The van der Waals surface area contributed by atoms with Gasteiger partial charge in [0.15, 0.2) is 0 Å². The SMILES string of the molecule is CCCOc1ccc(/C(O)=C2\C(=O)C(=O)N(CCCN3CCOCC3)C2c2ccccc2F)cc1. The zero-order valence-electron chi connectivity index (χ0n) is 19.9. The number of ether oxygens (including phenoxy) is 2. The zero-order valence-corrected chi connectivity index (χ0v) is 19.9. The minimum absolute atomic E-state index is 0.103. The van der Waals surface area contributed by atoms with Crippen molar-refractivity contribution in [3.05, 3.63) is 71.0 Å². The maximum Gasteiger partial charge on any atom is 0.295 e. The number of hydrogen-bond acceptors (Lipinski definition) is 6. The predicted octanol–water partition coefficient (Wildman–Crippen LogP) is 3.76. The second-order valence-corrected chi connectivity index (χ2v) is 8.69. The van der Waals surface area contributed by atoms with Crippen molar-refractivity contribution >= 4 is 17.4 Å². The van der Waals surface area contributed by atoms with E-state index in [2.05, 4.69) is 4.90 Å². The molecule has 2 aliphatic heterocycles. The lowest BCUT2D eigenvalue weighted by molar-refractivity contribution is -0.140. The van der Waals surface area contributed by atoms with Crippen LogP contribution in [0.4, 0.5) is 4.39 Å². The summed E-state index contributed by atoms with van der Waals surface area (Å²) in [6.45, 7) is 6.53. The summed E-state index contributed by atoms with van der Waals surface area (Å²) >= 11 is 0. The van der Waals surface area contributed by atoms with E-state index in [4.69, 9.17) is 9.47 Å². The van der Waals surface area contributed by atoms with E-state index in [1.807, 2.05) is 6.92 Å². The van der Waals surface area contributed by atoms with Crippen LogP contribution < -0.4 is 4.74 Å². The van der Waals surface area contributed by atoms with Crippen molar-refractivity contribution in [2.24, 2.45) is 0 Å². The average Bonchev–Trinajstić information content (AvgIpc) is 3.13. The highest BCUT2D eigenvalue weighted by atomic mass is 19.1. The molecule has 0 aliphatic carbocycles. The number of nitrogens with zero attached hydrogens (tertiary/aromatic N) is 2. The van der Waals surface area contributed by atoms with Gasteiger partial charge in [-0.05, 0) is 43.2 Å². The first-order valence-electron chi connectivity index (χ1n) is 12.1. The van der Waals surface area contributed by atoms with Crippen molar-refractivity contribution in [3.63, 3.8) is 0 Å². The van der Waals surface area contributed by atoms with Crippen molar-refractivity contribution in [3.8, 4) is 5.75 Å². The second-order valence-electron chi connectivity index (χ2n) is 8.69. The van der Waals surface area contributed by atoms with Gasteiger partial charge in [-0.25, -0.2) is 4.39 Å². The van der Waals surface area contributed by atoms with Gasteiger partial charge in [-0.3, -0.25) is 14.5 Å². The van der Waals surface area contributed by atoms with Gasteiger partial charge in [0.25, 0.3) is 11.7 Å². The molecule has 0 bridgehead atoms. The van der Waals surface area contributed by atoms with Crippen LogP contribution in [0, 0.1) is 5.82 Å². The molecule has 2 aliphatic rings. The average molecular weight is 483 g/mol.